The van der Waals surface area contributed by atoms with Crippen LogP contribution in [0.3, 0.4) is 0 Å². The van der Waals surface area contributed by atoms with E-state index >= 15 is 0 Å². The van der Waals surface area contributed by atoms with E-state index in [0.29, 0.717) is 0 Å². The Morgan fingerprint density at radius 1 is 0.650 bits per heavy atom. The Morgan fingerprint density at radius 3 is 1.85 bits per heavy atom. The van der Waals surface area contributed by atoms with Crippen LogP contribution in [0.5, 0.6) is 0 Å². The Kier molecular flexibility index (Phi) is 10.3. The first-order valence-corrected chi connectivity index (χ1v) is 8.65. The van der Waals surface area contributed by atoms with Crippen molar-refractivity contribution in [1.82, 2.24) is 5.32 Å². The second-order valence-electron chi connectivity index (χ2n) is 5.83. The monoisotopic (exact) mass is 275 g/mol. The smallest absolute Gasteiger partial charge is 0.00489 e. The van der Waals surface area contributed by atoms with E-state index in [-0.39, 0.29) is 0 Å². The van der Waals surface area contributed by atoms with E-state index in [9.17, 15) is 0 Å². The van der Waals surface area contributed by atoms with Crippen molar-refractivity contribution in [1.29, 1.82) is 0 Å². The van der Waals surface area contributed by atoms with Gasteiger partial charge in [0.05, 0.1) is 0 Å². The fraction of sp³-hybridized carbons (Fsp3) is 0.684. The maximum Gasteiger partial charge on any atom is -0.00489 e. The lowest BCUT2D eigenvalue weighted by Gasteiger charge is -2.05. The van der Waals surface area contributed by atoms with Crippen LogP contribution in [0.15, 0.2) is 24.3 Å². The number of benzene rings is 1. The van der Waals surface area contributed by atoms with Crippen LogP contribution in [-0.4, -0.2) is 13.1 Å². The van der Waals surface area contributed by atoms with E-state index < -0.39 is 0 Å². The molecule has 0 radical (unpaired) electrons. The first-order valence-electron chi connectivity index (χ1n) is 8.65. The highest BCUT2D eigenvalue weighted by Crippen LogP contribution is 2.11. The summed E-state index contributed by atoms with van der Waals surface area (Å²) < 4.78 is 0. The molecule has 0 unspecified atom stereocenters. The summed E-state index contributed by atoms with van der Waals surface area (Å²) in [5.41, 5.74) is 3.01. The predicted octanol–water partition coefficient (Wildman–Crippen LogP) is 5.13. The molecular weight excluding hydrogens is 242 g/mol. The van der Waals surface area contributed by atoms with Gasteiger partial charge in [-0.2, -0.15) is 0 Å². The quantitative estimate of drug-likeness (QED) is 0.521. The normalized spacial score (nSPS) is 10.9. The van der Waals surface area contributed by atoms with Crippen molar-refractivity contribution in [3.63, 3.8) is 0 Å². The van der Waals surface area contributed by atoms with Crippen LogP contribution in [0.4, 0.5) is 0 Å². The molecule has 0 amide bonds. The topological polar surface area (TPSA) is 12.0 Å². The summed E-state index contributed by atoms with van der Waals surface area (Å²) in [6.07, 6.45) is 11.7. The fourth-order valence-electron chi connectivity index (χ4n) is 2.49. The van der Waals surface area contributed by atoms with Gasteiger partial charge in [-0.3, -0.25) is 0 Å². The van der Waals surface area contributed by atoms with Crippen LogP contribution < -0.4 is 5.32 Å². The van der Waals surface area contributed by atoms with E-state index in [1.807, 2.05) is 0 Å². The Bertz CT molecular complexity index is 315. The molecule has 0 saturated carbocycles. The summed E-state index contributed by atoms with van der Waals surface area (Å²) in [5.74, 6) is 0. The minimum Gasteiger partial charge on any atom is -0.317 e. The van der Waals surface area contributed by atoms with Gasteiger partial charge in [0.25, 0.3) is 0 Å². The van der Waals surface area contributed by atoms with Gasteiger partial charge < -0.3 is 5.32 Å². The number of hydrogen-bond donors (Lipinski definition) is 1. The van der Waals surface area contributed by atoms with Crippen molar-refractivity contribution in [3.8, 4) is 0 Å². The van der Waals surface area contributed by atoms with E-state index in [4.69, 9.17) is 0 Å². The number of unbranched alkanes of at least 4 members (excludes halogenated alkanes) is 4. The zero-order valence-electron chi connectivity index (χ0n) is 13.6. The molecule has 0 aromatic heterocycles. The highest BCUT2D eigenvalue weighted by Gasteiger charge is 1.96. The van der Waals surface area contributed by atoms with Gasteiger partial charge in [0.2, 0.25) is 0 Å². The lowest BCUT2D eigenvalue weighted by atomic mass is 10.0. The molecule has 0 aliphatic heterocycles. The van der Waals surface area contributed by atoms with Crippen molar-refractivity contribution in [2.75, 3.05) is 13.1 Å². The number of hydrogen-bond acceptors (Lipinski definition) is 1. The third kappa shape index (κ3) is 8.37. The molecule has 1 aromatic rings. The highest BCUT2D eigenvalue weighted by atomic mass is 14.8. The summed E-state index contributed by atoms with van der Waals surface area (Å²) >= 11 is 0. The second-order valence-corrected chi connectivity index (χ2v) is 5.83. The highest BCUT2D eigenvalue weighted by molar-refractivity contribution is 5.22. The standard InChI is InChI=1S/C19H33N/c1-3-5-10-18-12-14-19(15-13-18)11-8-6-7-9-17-20-16-4-2/h12-15,20H,3-11,16-17H2,1-2H3. The van der Waals surface area contributed by atoms with E-state index in [0.717, 1.165) is 0 Å². The average Bonchev–Trinajstić information content (AvgIpc) is 2.49. The van der Waals surface area contributed by atoms with Crippen molar-refractivity contribution >= 4 is 0 Å². The summed E-state index contributed by atoms with van der Waals surface area (Å²) in [6.45, 7) is 6.84. The summed E-state index contributed by atoms with van der Waals surface area (Å²) in [5, 5.41) is 3.47. The largest absolute Gasteiger partial charge is 0.317 e. The van der Waals surface area contributed by atoms with Gasteiger partial charge in [-0.05, 0) is 62.7 Å². The van der Waals surface area contributed by atoms with Crippen LogP contribution in [0.2, 0.25) is 0 Å². The van der Waals surface area contributed by atoms with Gasteiger partial charge >= 0.3 is 0 Å². The van der Waals surface area contributed by atoms with Crippen LogP contribution in [0.25, 0.3) is 0 Å². The summed E-state index contributed by atoms with van der Waals surface area (Å²) in [7, 11) is 0. The average molecular weight is 275 g/mol. The van der Waals surface area contributed by atoms with Gasteiger partial charge in [0.15, 0.2) is 0 Å². The molecule has 0 bridgehead atoms. The molecule has 1 N–H and O–H groups in total. The van der Waals surface area contributed by atoms with Crippen LogP contribution in [-0.2, 0) is 12.8 Å². The molecule has 1 aromatic carbocycles. The Hall–Kier alpha value is -0.820. The fourth-order valence-corrected chi connectivity index (χ4v) is 2.49. The van der Waals surface area contributed by atoms with Crippen LogP contribution >= 0.6 is 0 Å². The third-order valence-electron chi connectivity index (χ3n) is 3.84. The first-order chi connectivity index (χ1) is 9.86. The summed E-state index contributed by atoms with van der Waals surface area (Å²) in [6, 6.07) is 9.29. The molecule has 0 heterocycles. The van der Waals surface area contributed by atoms with E-state index in [1.165, 1.54) is 82.0 Å². The number of nitrogens with one attached hydrogen (secondary N) is 1. The minimum atomic E-state index is 1.17. The zero-order valence-corrected chi connectivity index (χ0v) is 13.6. The van der Waals surface area contributed by atoms with Gasteiger partial charge in [0.1, 0.15) is 0 Å². The molecule has 1 rings (SSSR count). The second kappa shape index (κ2) is 12.0. The first kappa shape index (κ1) is 17.2. The molecule has 0 fully saturated rings. The third-order valence-corrected chi connectivity index (χ3v) is 3.84. The molecule has 0 aliphatic carbocycles. The lowest BCUT2D eigenvalue weighted by molar-refractivity contribution is 0.584. The van der Waals surface area contributed by atoms with Crippen molar-refractivity contribution < 1.29 is 0 Å². The van der Waals surface area contributed by atoms with Crippen molar-refractivity contribution in [2.24, 2.45) is 0 Å². The molecule has 0 saturated heterocycles. The predicted molar refractivity (Wildman–Crippen MR) is 90.4 cm³/mol. The Balaban J connectivity index is 2.04. The van der Waals surface area contributed by atoms with E-state index in [1.54, 1.807) is 0 Å². The molecule has 0 spiro atoms. The number of rotatable bonds is 12. The SMILES string of the molecule is CCCCc1ccc(CCCCCCNCCC)cc1. The minimum absolute atomic E-state index is 1.17. The van der Waals surface area contributed by atoms with Gasteiger partial charge in [-0.25, -0.2) is 0 Å². The Morgan fingerprint density at radius 2 is 1.25 bits per heavy atom. The maximum atomic E-state index is 3.47. The number of aryl methyl sites for hydroxylation is 2. The van der Waals surface area contributed by atoms with Gasteiger partial charge in [0, 0.05) is 0 Å². The van der Waals surface area contributed by atoms with Crippen molar-refractivity contribution in [3.05, 3.63) is 35.4 Å². The molecule has 114 valence electrons. The molecule has 0 aliphatic rings. The Labute approximate surface area is 126 Å². The molecular formula is C19H33N. The summed E-state index contributed by atoms with van der Waals surface area (Å²) in [4.78, 5) is 0. The maximum absolute atomic E-state index is 3.47. The van der Waals surface area contributed by atoms with Gasteiger partial charge in [-0.1, -0.05) is 57.4 Å². The van der Waals surface area contributed by atoms with E-state index in [2.05, 4.69) is 43.4 Å². The molecule has 0 atom stereocenters. The molecule has 20 heavy (non-hydrogen) atoms. The molecule has 1 nitrogen and oxygen atoms in total. The van der Waals surface area contributed by atoms with Crippen molar-refractivity contribution in [2.45, 2.75) is 71.6 Å². The van der Waals surface area contributed by atoms with Crippen LogP contribution in [0.1, 0.15) is 69.9 Å². The zero-order chi connectivity index (χ0) is 14.5. The van der Waals surface area contributed by atoms with Gasteiger partial charge in [-0.15, -0.1) is 0 Å². The lowest BCUT2D eigenvalue weighted by Crippen LogP contribution is -2.15. The molecule has 1 heteroatoms. The van der Waals surface area contributed by atoms with Crippen LogP contribution in [0, 0.1) is 0 Å².